The highest BCUT2D eigenvalue weighted by Crippen LogP contribution is 2.22. The summed E-state index contributed by atoms with van der Waals surface area (Å²) in [5.41, 5.74) is 1.16. The van der Waals surface area contributed by atoms with Gasteiger partial charge in [0.15, 0.2) is 11.6 Å². The number of rotatable bonds is 8. The summed E-state index contributed by atoms with van der Waals surface area (Å²) in [7, 11) is -7.88. The van der Waals surface area contributed by atoms with Crippen molar-refractivity contribution in [2.24, 2.45) is 0 Å². The van der Waals surface area contributed by atoms with Crippen molar-refractivity contribution in [1.29, 1.82) is 0 Å². The van der Waals surface area contributed by atoms with E-state index in [1.165, 1.54) is 24.3 Å². The normalized spacial score (nSPS) is 11.6. The molecular formula is C22H21F2N3O5S2. The summed E-state index contributed by atoms with van der Waals surface area (Å²) in [6.07, 6.45) is 0.822. The highest BCUT2D eigenvalue weighted by atomic mass is 32.2. The lowest BCUT2D eigenvalue weighted by atomic mass is 10.2. The Morgan fingerprint density at radius 2 is 1.56 bits per heavy atom. The highest BCUT2D eigenvalue weighted by Gasteiger charge is 2.22. The molecule has 0 aliphatic carbocycles. The van der Waals surface area contributed by atoms with Crippen molar-refractivity contribution in [3.63, 3.8) is 0 Å². The second kappa shape index (κ2) is 9.77. The minimum atomic E-state index is -4.00. The van der Waals surface area contributed by atoms with Crippen molar-refractivity contribution in [2.45, 2.75) is 11.8 Å². The van der Waals surface area contributed by atoms with E-state index in [0.717, 1.165) is 24.0 Å². The van der Waals surface area contributed by atoms with E-state index in [2.05, 4.69) is 10.0 Å². The minimum absolute atomic E-state index is 0.0479. The Labute approximate surface area is 196 Å². The zero-order valence-corrected chi connectivity index (χ0v) is 19.8. The van der Waals surface area contributed by atoms with Crippen LogP contribution in [0.5, 0.6) is 0 Å². The molecule has 0 heterocycles. The van der Waals surface area contributed by atoms with Gasteiger partial charge in [0, 0.05) is 11.8 Å². The van der Waals surface area contributed by atoms with E-state index in [1.807, 2.05) is 0 Å². The first-order chi connectivity index (χ1) is 15.9. The Kier molecular flexibility index (Phi) is 7.22. The molecule has 0 atom stereocenters. The Hall–Kier alpha value is -3.51. The fourth-order valence-corrected chi connectivity index (χ4v) is 4.96. The smallest absolute Gasteiger partial charge is 0.261 e. The summed E-state index contributed by atoms with van der Waals surface area (Å²) >= 11 is 0. The summed E-state index contributed by atoms with van der Waals surface area (Å²) in [6.45, 7) is 1.05. The van der Waals surface area contributed by atoms with Gasteiger partial charge in [-0.25, -0.2) is 25.6 Å². The molecule has 34 heavy (non-hydrogen) atoms. The van der Waals surface area contributed by atoms with Gasteiger partial charge in [0.2, 0.25) is 15.9 Å². The van der Waals surface area contributed by atoms with Gasteiger partial charge in [-0.1, -0.05) is 18.2 Å². The summed E-state index contributed by atoms with van der Waals surface area (Å²) in [6, 6.07) is 14.6. The average Bonchev–Trinajstić information content (AvgIpc) is 2.75. The van der Waals surface area contributed by atoms with Gasteiger partial charge in [-0.2, -0.15) is 0 Å². The number of para-hydroxylation sites is 1. The lowest BCUT2D eigenvalue weighted by Crippen LogP contribution is -2.37. The van der Waals surface area contributed by atoms with Crippen LogP contribution in [0.3, 0.4) is 0 Å². The molecule has 0 saturated carbocycles. The maximum absolute atomic E-state index is 13.6. The first-order valence-electron chi connectivity index (χ1n) is 9.78. The summed E-state index contributed by atoms with van der Waals surface area (Å²) < 4.78 is 79.3. The molecule has 0 aromatic heterocycles. The Morgan fingerprint density at radius 1 is 0.912 bits per heavy atom. The molecule has 3 rings (SSSR count). The van der Waals surface area contributed by atoms with Gasteiger partial charge in [0.05, 0.1) is 22.5 Å². The van der Waals surface area contributed by atoms with Crippen molar-refractivity contribution >= 4 is 43.0 Å². The molecule has 0 aliphatic heterocycles. The van der Waals surface area contributed by atoms with Crippen LogP contribution in [0, 0.1) is 18.6 Å². The highest BCUT2D eigenvalue weighted by molar-refractivity contribution is 7.92. The minimum Gasteiger partial charge on any atom is -0.325 e. The maximum atomic E-state index is 13.6. The van der Waals surface area contributed by atoms with Crippen LogP contribution in [0.2, 0.25) is 0 Å². The molecule has 0 spiro atoms. The van der Waals surface area contributed by atoms with Crippen LogP contribution in [-0.2, 0) is 24.8 Å². The fourth-order valence-electron chi connectivity index (χ4n) is 2.98. The summed E-state index contributed by atoms with van der Waals surface area (Å²) in [5, 5.41) is 2.45. The quantitative estimate of drug-likeness (QED) is 0.483. The number of anilines is 3. The van der Waals surface area contributed by atoms with Crippen LogP contribution in [0.15, 0.2) is 71.6 Å². The van der Waals surface area contributed by atoms with Gasteiger partial charge in [0.25, 0.3) is 10.0 Å². The lowest BCUT2D eigenvalue weighted by molar-refractivity contribution is -0.114. The number of sulfonamides is 2. The van der Waals surface area contributed by atoms with E-state index in [1.54, 1.807) is 31.2 Å². The summed E-state index contributed by atoms with van der Waals surface area (Å²) in [4.78, 5) is 12.4. The van der Waals surface area contributed by atoms with Crippen LogP contribution >= 0.6 is 0 Å². The number of nitrogens with zero attached hydrogens (tertiary/aromatic N) is 1. The largest absolute Gasteiger partial charge is 0.325 e. The number of aryl methyl sites for hydroxylation is 1. The van der Waals surface area contributed by atoms with Crippen molar-refractivity contribution in [1.82, 2.24) is 0 Å². The van der Waals surface area contributed by atoms with Gasteiger partial charge in [-0.3, -0.25) is 13.8 Å². The summed E-state index contributed by atoms with van der Waals surface area (Å²) in [5.74, 6) is -3.19. The first-order valence-corrected chi connectivity index (χ1v) is 13.1. The Morgan fingerprint density at radius 3 is 2.15 bits per heavy atom. The standard InChI is InChI=1S/C22H21F2N3O5S2/c1-15-5-3-4-6-21(15)26-34(31,32)18-10-7-16(8-11-18)25-22(28)14-27(33(2,29)30)17-9-12-19(23)20(24)13-17/h3-13,26H,14H2,1-2H3,(H,25,28). The third kappa shape index (κ3) is 6.08. The van der Waals surface area contributed by atoms with Gasteiger partial charge in [-0.05, 0) is 55.0 Å². The number of hydrogen-bond acceptors (Lipinski definition) is 5. The zero-order chi connectivity index (χ0) is 25.1. The van der Waals surface area contributed by atoms with Crippen LogP contribution in [0.25, 0.3) is 0 Å². The molecule has 0 aliphatic rings. The molecule has 0 fully saturated rings. The van der Waals surface area contributed by atoms with Crippen LogP contribution in [-0.4, -0.2) is 35.5 Å². The third-order valence-electron chi connectivity index (χ3n) is 4.72. The topological polar surface area (TPSA) is 113 Å². The SMILES string of the molecule is Cc1ccccc1NS(=O)(=O)c1ccc(NC(=O)CN(c2ccc(F)c(F)c2)S(C)(=O)=O)cc1. The number of halogens is 2. The molecule has 0 saturated heterocycles. The zero-order valence-electron chi connectivity index (χ0n) is 18.1. The van der Waals surface area contributed by atoms with E-state index < -0.39 is 44.1 Å². The molecule has 180 valence electrons. The van der Waals surface area contributed by atoms with Crippen LogP contribution < -0.4 is 14.3 Å². The first kappa shape index (κ1) is 25.1. The monoisotopic (exact) mass is 509 g/mol. The van der Waals surface area contributed by atoms with Crippen molar-refractivity contribution < 1.29 is 30.4 Å². The molecular weight excluding hydrogens is 488 g/mol. The molecule has 0 unspecified atom stereocenters. The molecule has 1 amide bonds. The number of hydrogen-bond donors (Lipinski definition) is 2. The number of carbonyl (C=O) groups is 1. The molecule has 0 bridgehead atoms. The number of benzene rings is 3. The van der Waals surface area contributed by atoms with E-state index in [4.69, 9.17) is 0 Å². The predicted octanol–water partition coefficient (Wildman–Crippen LogP) is 3.48. The van der Waals surface area contributed by atoms with E-state index in [0.29, 0.717) is 16.1 Å². The Balaban J connectivity index is 1.73. The second-order valence-electron chi connectivity index (χ2n) is 7.36. The predicted molar refractivity (Wildman–Crippen MR) is 126 cm³/mol. The molecule has 2 N–H and O–H groups in total. The van der Waals surface area contributed by atoms with E-state index >= 15 is 0 Å². The Bertz CT molecular complexity index is 1430. The van der Waals surface area contributed by atoms with Gasteiger partial charge in [0.1, 0.15) is 6.54 Å². The van der Waals surface area contributed by atoms with E-state index in [-0.39, 0.29) is 16.3 Å². The molecule has 3 aromatic rings. The molecule has 8 nitrogen and oxygen atoms in total. The number of amides is 1. The molecule has 12 heteroatoms. The van der Waals surface area contributed by atoms with Crippen molar-refractivity contribution in [3.8, 4) is 0 Å². The lowest BCUT2D eigenvalue weighted by Gasteiger charge is -2.22. The average molecular weight is 510 g/mol. The van der Waals surface area contributed by atoms with Gasteiger partial charge in [-0.15, -0.1) is 0 Å². The van der Waals surface area contributed by atoms with E-state index in [9.17, 15) is 30.4 Å². The second-order valence-corrected chi connectivity index (χ2v) is 11.0. The number of nitrogens with one attached hydrogen (secondary N) is 2. The maximum Gasteiger partial charge on any atom is 0.261 e. The van der Waals surface area contributed by atoms with Gasteiger partial charge < -0.3 is 5.32 Å². The van der Waals surface area contributed by atoms with Crippen LogP contribution in [0.1, 0.15) is 5.56 Å². The molecule has 3 aromatic carbocycles. The number of carbonyl (C=O) groups excluding carboxylic acids is 1. The molecule has 0 radical (unpaired) electrons. The van der Waals surface area contributed by atoms with Crippen LogP contribution in [0.4, 0.5) is 25.8 Å². The van der Waals surface area contributed by atoms with Crippen molar-refractivity contribution in [3.05, 3.63) is 83.9 Å². The van der Waals surface area contributed by atoms with Gasteiger partial charge >= 0.3 is 0 Å². The third-order valence-corrected chi connectivity index (χ3v) is 7.24. The fraction of sp³-hybridized carbons (Fsp3) is 0.136. The van der Waals surface area contributed by atoms with Crippen molar-refractivity contribution in [2.75, 3.05) is 27.1 Å².